The first-order valence-electron chi connectivity index (χ1n) is 7.27. The molecule has 0 aliphatic carbocycles. The number of sulfonamides is 1. The zero-order chi connectivity index (χ0) is 15.5. The first-order valence-corrected chi connectivity index (χ1v) is 8.71. The molecule has 5 nitrogen and oxygen atoms in total. The fraction of sp³-hybridized carbons (Fsp3) is 0.533. The normalized spacial score (nSPS) is 19.8. The van der Waals surface area contributed by atoms with Crippen molar-refractivity contribution in [3.63, 3.8) is 0 Å². The summed E-state index contributed by atoms with van der Waals surface area (Å²) in [6.07, 6.45) is 3.13. The Labute approximate surface area is 125 Å². The predicted octanol–water partition coefficient (Wildman–Crippen LogP) is 2.27. The van der Waals surface area contributed by atoms with Gasteiger partial charge in [0.05, 0.1) is 4.90 Å². The summed E-state index contributed by atoms with van der Waals surface area (Å²) in [4.78, 5) is 10.8. The van der Waals surface area contributed by atoms with Crippen LogP contribution in [0.2, 0.25) is 0 Å². The van der Waals surface area contributed by atoms with Crippen molar-refractivity contribution in [1.82, 2.24) is 4.31 Å². The molecule has 6 heteroatoms. The smallest absolute Gasteiger partial charge is 0.303 e. The Kier molecular flexibility index (Phi) is 5.00. The molecule has 21 heavy (non-hydrogen) atoms. The number of hydrogen-bond donors (Lipinski definition) is 1. The summed E-state index contributed by atoms with van der Waals surface area (Å²) in [6.45, 7) is 2.59. The summed E-state index contributed by atoms with van der Waals surface area (Å²) >= 11 is 0. The highest BCUT2D eigenvalue weighted by Crippen LogP contribution is 2.27. The maximum atomic E-state index is 12.6. The summed E-state index contributed by atoms with van der Waals surface area (Å²) < 4.78 is 26.8. The Morgan fingerprint density at radius 2 is 2.00 bits per heavy atom. The molecule has 1 unspecified atom stereocenters. The SMILES string of the molecule is CCC1CCCN1S(=O)(=O)c1ccc(CCC(=O)O)cc1. The van der Waals surface area contributed by atoms with Gasteiger partial charge in [0, 0.05) is 19.0 Å². The highest BCUT2D eigenvalue weighted by Gasteiger charge is 2.33. The van der Waals surface area contributed by atoms with Crippen LogP contribution in [0.1, 0.15) is 38.2 Å². The molecule has 1 N–H and O–H groups in total. The number of rotatable bonds is 6. The molecule has 0 amide bonds. The first-order chi connectivity index (χ1) is 9.95. The van der Waals surface area contributed by atoms with E-state index in [2.05, 4.69) is 0 Å². The van der Waals surface area contributed by atoms with Gasteiger partial charge in [0.2, 0.25) is 10.0 Å². The van der Waals surface area contributed by atoms with Gasteiger partial charge in [-0.25, -0.2) is 8.42 Å². The predicted molar refractivity (Wildman–Crippen MR) is 79.6 cm³/mol. The lowest BCUT2D eigenvalue weighted by molar-refractivity contribution is -0.136. The molecule has 1 saturated heterocycles. The van der Waals surface area contributed by atoms with Crippen LogP contribution in [0.4, 0.5) is 0 Å². The van der Waals surface area contributed by atoms with Gasteiger partial charge in [0.15, 0.2) is 0 Å². The number of aliphatic carboxylic acids is 1. The molecule has 0 saturated carbocycles. The molecule has 2 rings (SSSR count). The van der Waals surface area contributed by atoms with Crippen LogP contribution in [-0.4, -0.2) is 36.4 Å². The summed E-state index contributed by atoms with van der Waals surface area (Å²) in [5.41, 5.74) is 0.838. The fourth-order valence-electron chi connectivity index (χ4n) is 2.75. The van der Waals surface area contributed by atoms with Crippen molar-refractivity contribution in [1.29, 1.82) is 0 Å². The number of carboxylic acid groups (broad SMARTS) is 1. The van der Waals surface area contributed by atoms with Crippen molar-refractivity contribution in [2.24, 2.45) is 0 Å². The minimum atomic E-state index is -3.43. The van der Waals surface area contributed by atoms with Crippen molar-refractivity contribution in [2.75, 3.05) is 6.54 Å². The number of nitrogens with zero attached hydrogens (tertiary/aromatic N) is 1. The van der Waals surface area contributed by atoms with Gasteiger partial charge in [0.1, 0.15) is 0 Å². The minimum absolute atomic E-state index is 0.0517. The maximum absolute atomic E-state index is 12.6. The van der Waals surface area contributed by atoms with E-state index >= 15 is 0 Å². The van der Waals surface area contributed by atoms with Crippen LogP contribution in [0.15, 0.2) is 29.2 Å². The molecular formula is C15H21NO4S. The van der Waals surface area contributed by atoms with Crippen LogP contribution in [0.5, 0.6) is 0 Å². The molecule has 1 fully saturated rings. The van der Waals surface area contributed by atoms with Gasteiger partial charge in [0.25, 0.3) is 0 Å². The van der Waals surface area contributed by atoms with E-state index in [9.17, 15) is 13.2 Å². The summed E-state index contributed by atoms with van der Waals surface area (Å²) in [5, 5.41) is 8.66. The van der Waals surface area contributed by atoms with Crippen molar-refractivity contribution in [3.8, 4) is 0 Å². The Morgan fingerprint density at radius 1 is 1.33 bits per heavy atom. The standard InChI is InChI=1S/C15H21NO4S/c1-2-13-4-3-11-16(13)21(19,20)14-8-5-12(6-9-14)7-10-15(17)18/h5-6,8-9,13H,2-4,7,10-11H2,1H3,(H,17,18). The van der Waals surface area contributed by atoms with E-state index < -0.39 is 16.0 Å². The Bertz CT molecular complexity index is 595. The van der Waals surface area contributed by atoms with Crippen LogP contribution in [0.3, 0.4) is 0 Å². The minimum Gasteiger partial charge on any atom is -0.481 e. The summed E-state index contributed by atoms with van der Waals surface area (Å²) in [5.74, 6) is -0.852. The van der Waals surface area contributed by atoms with Gasteiger partial charge >= 0.3 is 5.97 Å². The fourth-order valence-corrected chi connectivity index (χ4v) is 4.52. The lowest BCUT2D eigenvalue weighted by Gasteiger charge is -2.23. The number of benzene rings is 1. The van der Waals surface area contributed by atoms with E-state index in [1.165, 1.54) is 0 Å². The van der Waals surface area contributed by atoms with Crippen molar-refractivity contribution in [3.05, 3.63) is 29.8 Å². The number of aryl methyl sites for hydroxylation is 1. The second-order valence-electron chi connectivity index (χ2n) is 5.36. The largest absolute Gasteiger partial charge is 0.481 e. The molecule has 0 radical (unpaired) electrons. The second-order valence-corrected chi connectivity index (χ2v) is 7.25. The lowest BCUT2D eigenvalue weighted by atomic mass is 10.1. The maximum Gasteiger partial charge on any atom is 0.303 e. The molecule has 0 aromatic heterocycles. The quantitative estimate of drug-likeness (QED) is 0.874. The zero-order valence-electron chi connectivity index (χ0n) is 12.2. The second kappa shape index (κ2) is 6.58. The molecule has 1 atom stereocenters. The van der Waals surface area contributed by atoms with Gasteiger partial charge in [-0.2, -0.15) is 4.31 Å². The Hall–Kier alpha value is -1.40. The van der Waals surface area contributed by atoms with Crippen LogP contribution >= 0.6 is 0 Å². The van der Waals surface area contributed by atoms with E-state index in [4.69, 9.17) is 5.11 Å². The molecule has 0 spiro atoms. The van der Waals surface area contributed by atoms with Crippen molar-refractivity contribution >= 4 is 16.0 Å². The van der Waals surface area contributed by atoms with E-state index in [1.54, 1.807) is 28.6 Å². The van der Waals surface area contributed by atoms with Gasteiger partial charge < -0.3 is 5.11 Å². The van der Waals surface area contributed by atoms with Crippen molar-refractivity contribution in [2.45, 2.75) is 50.0 Å². The molecule has 1 aliphatic heterocycles. The summed E-state index contributed by atoms with van der Waals surface area (Å²) in [7, 11) is -3.43. The van der Waals surface area contributed by atoms with E-state index in [-0.39, 0.29) is 12.5 Å². The third-order valence-electron chi connectivity index (χ3n) is 3.95. The zero-order valence-corrected chi connectivity index (χ0v) is 13.0. The molecule has 1 aromatic carbocycles. The number of carbonyl (C=O) groups is 1. The van der Waals surface area contributed by atoms with E-state index in [1.807, 2.05) is 6.92 Å². The average molecular weight is 311 g/mol. The molecule has 116 valence electrons. The molecular weight excluding hydrogens is 290 g/mol. The monoisotopic (exact) mass is 311 g/mol. The lowest BCUT2D eigenvalue weighted by Crippen LogP contribution is -2.35. The molecule has 1 aliphatic rings. The third-order valence-corrected chi connectivity index (χ3v) is 5.92. The van der Waals surface area contributed by atoms with Gasteiger partial charge in [-0.3, -0.25) is 4.79 Å². The van der Waals surface area contributed by atoms with Gasteiger partial charge in [-0.1, -0.05) is 19.1 Å². The average Bonchev–Trinajstić information content (AvgIpc) is 2.94. The highest BCUT2D eigenvalue weighted by atomic mass is 32.2. The van der Waals surface area contributed by atoms with Gasteiger partial charge in [-0.05, 0) is 43.4 Å². The van der Waals surface area contributed by atoms with E-state index in [0.29, 0.717) is 17.9 Å². The summed E-state index contributed by atoms with van der Waals surface area (Å²) in [6, 6.07) is 6.66. The Balaban J connectivity index is 2.15. The number of carboxylic acids is 1. The first kappa shape index (κ1) is 16.0. The Morgan fingerprint density at radius 3 is 2.57 bits per heavy atom. The third kappa shape index (κ3) is 3.63. The van der Waals surface area contributed by atoms with Crippen LogP contribution in [0.25, 0.3) is 0 Å². The van der Waals surface area contributed by atoms with Gasteiger partial charge in [-0.15, -0.1) is 0 Å². The number of hydrogen-bond acceptors (Lipinski definition) is 3. The molecule has 1 aromatic rings. The van der Waals surface area contributed by atoms with E-state index in [0.717, 1.165) is 24.8 Å². The topological polar surface area (TPSA) is 74.7 Å². The van der Waals surface area contributed by atoms with Crippen LogP contribution in [-0.2, 0) is 21.2 Å². The van der Waals surface area contributed by atoms with Crippen LogP contribution < -0.4 is 0 Å². The molecule has 1 heterocycles. The van der Waals surface area contributed by atoms with Crippen molar-refractivity contribution < 1.29 is 18.3 Å². The molecule has 0 bridgehead atoms. The van der Waals surface area contributed by atoms with Crippen LogP contribution in [0, 0.1) is 0 Å². The highest BCUT2D eigenvalue weighted by molar-refractivity contribution is 7.89.